The third kappa shape index (κ3) is 3.46. The van der Waals surface area contributed by atoms with Crippen molar-refractivity contribution in [2.24, 2.45) is 0 Å². The number of hydrogen-bond acceptors (Lipinski definition) is 6. The molecule has 6 nitrogen and oxygen atoms in total. The smallest absolute Gasteiger partial charge is 0.209 e. The zero-order valence-electron chi connectivity index (χ0n) is 11.3. The van der Waals surface area contributed by atoms with Gasteiger partial charge >= 0.3 is 0 Å². The van der Waals surface area contributed by atoms with Gasteiger partial charge in [0.05, 0.1) is 6.04 Å². The van der Waals surface area contributed by atoms with Crippen LogP contribution in [-0.2, 0) is 0 Å². The molecular formula is C12H22N6S. The number of thioether (sulfide) groups is 1. The van der Waals surface area contributed by atoms with Crippen LogP contribution in [0.15, 0.2) is 5.16 Å². The first-order chi connectivity index (χ1) is 9.43. The highest BCUT2D eigenvalue weighted by molar-refractivity contribution is 7.99. The van der Waals surface area contributed by atoms with E-state index in [-0.39, 0.29) is 0 Å². The summed E-state index contributed by atoms with van der Waals surface area (Å²) in [6, 6.07) is 0.539. The Kier molecular flexibility index (Phi) is 4.68. The summed E-state index contributed by atoms with van der Waals surface area (Å²) in [4.78, 5) is 2.51. The van der Waals surface area contributed by atoms with Gasteiger partial charge in [-0.15, -0.1) is 5.10 Å². The predicted molar refractivity (Wildman–Crippen MR) is 75.4 cm³/mol. The van der Waals surface area contributed by atoms with Crippen molar-refractivity contribution in [2.45, 2.75) is 36.9 Å². The maximum atomic E-state index is 4.18. The second-order valence-corrected chi connectivity index (χ2v) is 6.35. The van der Waals surface area contributed by atoms with E-state index in [0.717, 1.165) is 43.6 Å². The first-order valence-electron chi connectivity index (χ1n) is 7.27. The minimum Gasteiger partial charge on any atom is -0.314 e. The van der Waals surface area contributed by atoms with Gasteiger partial charge in [0.15, 0.2) is 0 Å². The molecule has 19 heavy (non-hydrogen) atoms. The molecule has 1 aromatic rings. The van der Waals surface area contributed by atoms with Crippen LogP contribution in [0.5, 0.6) is 0 Å². The Morgan fingerprint density at radius 3 is 2.79 bits per heavy atom. The Morgan fingerprint density at radius 2 is 2.00 bits per heavy atom. The van der Waals surface area contributed by atoms with E-state index < -0.39 is 0 Å². The lowest BCUT2D eigenvalue weighted by molar-refractivity contribution is 0.255. The van der Waals surface area contributed by atoms with Gasteiger partial charge < -0.3 is 5.32 Å². The van der Waals surface area contributed by atoms with Crippen LogP contribution in [0.4, 0.5) is 0 Å². The molecule has 3 rings (SSSR count). The van der Waals surface area contributed by atoms with Crippen molar-refractivity contribution in [1.29, 1.82) is 0 Å². The van der Waals surface area contributed by atoms with Crippen LogP contribution in [0.1, 0.15) is 31.7 Å². The van der Waals surface area contributed by atoms with Crippen molar-refractivity contribution in [3.8, 4) is 0 Å². The minimum atomic E-state index is 0.539. The fourth-order valence-corrected chi connectivity index (χ4v) is 3.80. The highest BCUT2D eigenvalue weighted by Crippen LogP contribution is 2.31. The van der Waals surface area contributed by atoms with Gasteiger partial charge in [-0.05, 0) is 23.3 Å². The van der Waals surface area contributed by atoms with E-state index in [4.69, 9.17) is 0 Å². The van der Waals surface area contributed by atoms with E-state index in [1.54, 1.807) is 11.8 Å². The van der Waals surface area contributed by atoms with Crippen molar-refractivity contribution in [3.63, 3.8) is 0 Å². The first-order valence-corrected chi connectivity index (χ1v) is 8.26. The largest absolute Gasteiger partial charge is 0.314 e. The SMILES string of the molecule is C1CCC(n2nnnc2SCCN2CCNCC2)C1. The minimum absolute atomic E-state index is 0.539. The van der Waals surface area contributed by atoms with Gasteiger partial charge in [0.25, 0.3) is 0 Å². The fourth-order valence-electron chi connectivity index (χ4n) is 2.86. The maximum absolute atomic E-state index is 4.18. The number of hydrogen-bond donors (Lipinski definition) is 1. The summed E-state index contributed by atoms with van der Waals surface area (Å²) in [5.41, 5.74) is 0. The molecule has 1 saturated heterocycles. The average Bonchev–Trinajstić information content (AvgIpc) is 3.10. The lowest BCUT2D eigenvalue weighted by Crippen LogP contribution is -2.44. The Bertz CT molecular complexity index is 383. The van der Waals surface area contributed by atoms with Crippen LogP contribution >= 0.6 is 11.8 Å². The molecule has 1 saturated carbocycles. The molecule has 0 aromatic carbocycles. The van der Waals surface area contributed by atoms with Crippen LogP contribution in [0.2, 0.25) is 0 Å². The summed E-state index contributed by atoms with van der Waals surface area (Å²) in [7, 11) is 0. The molecule has 0 radical (unpaired) electrons. The van der Waals surface area contributed by atoms with E-state index >= 15 is 0 Å². The highest BCUT2D eigenvalue weighted by atomic mass is 32.2. The summed E-state index contributed by atoms with van der Waals surface area (Å²) < 4.78 is 2.05. The molecule has 106 valence electrons. The van der Waals surface area contributed by atoms with Crippen LogP contribution in [0.25, 0.3) is 0 Å². The molecule has 2 fully saturated rings. The van der Waals surface area contributed by atoms with Gasteiger partial charge in [0, 0.05) is 38.5 Å². The van der Waals surface area contributed by atoms with Gasteiger partial charge in [0.1, 0.15) is 0 Å². The van der Waals surface area contributed by atoms with Gasteiger partial charge in [-0.2, -0.15) is 0 Å². The molecule has 1 aliphatic heterocycles. The van der Waals surface area contributed by atoms with Gasteiger partial charge in [-0.1, -0.05) is 24.6 Å². The summed E-state index contributed by atoms with van der Waals surface area (Å²) in [6.45, 7) is 5.68. The molecule has 0 amide bonds. The quantitative estimate of drug-likeness (QED) is 0.806. The molecule has 0 bridgehead atoms. The van der Waals surface area contributed by atoms with Gasteiger partial charge in [-0.25, -0.2) is 4.68 Å². The Balaban J connectivity index is 1.48. The topological polar surface area (TPSA) is 58.9 Å². The molecule has 7 heteroatoms. The maximum Gasteiger partial charge on any atom is 0.209 e. The van der Waals surface area contributed by atoms with Crippen LogP contribution < -0.4 is 5.32 Å². The van der Waals surface area contributed by atoms with Crippen molar-refractivity contribution in [2.75, 3.05) is 38.5 Å². The van der Waals surface area contributed by atoms with Crippen LogP contribution in [0, 0.1) is 0 Å². The Labute approximate surface area is 118 Å². The molecule has 1 N–H and O–H groups in total. The summed E-state index contributed by atoms with van der Waals surface area (Å²) >= 11 is 1.80. The fraction of sp³-hybridized carbons (Fsp3) is 0.917. The predicted octanol–water partition coefficient (Wildman–Crippen LogP) is 0.785. The number of piperazine rings is 1. The van der Waals surface area contributed by atoms with E-state index in [0.29, 0.717) is 6.04 Å². The van der Waals surface area contributed by atoms with Crippen LogP contribution in [-0.4, -0.2) is 63.6 Å². The third-order valence-electron chi connectivity index (χ3n) is 3.98. The second kappa shape index (κ2) is 6.67. The standard InChI is InChI=1S/C12H22N6S/c1-2-4-11(3-1)18-12(14-15-16-18)19-10-9-17-7-5-13-6-8-17/h11,13H,1-10H2. The Morgan fingerprint density at radius 1 is 1.21 bits per heavy atom. The number of aromatic nitrogens is 4. The van der Waals surface area contributed by atoms with E-state index in [2.05, 4.69) is 30.4 Å². The first kappa shape index (κ1) is 13.3. The average molecular weight is 282 g/mol. The van der Waals surface area contributed by atoms with Gasteiger partial charge in [0.2, 0.25) is 5.16 Å². The molecule has 0 unspecified atom stereocenters. The third-order valence-corrected chi connectivity index (χ3v) is 4.90. The monoisotopic (exact) mass is 282 g/mol. The van der Waals surface area contributed by atoms with Crippen LogP contribution in [0.3, 0.4) is 0 Å². The van der Waals surface area contributed by atoms with Crippen molar-refractivity contribution < 1.29 is 0 Å². The zero-order valence-corrected chi connectivity index (χ0v) is 12.1. The summed E-state index contributed by atoms with van der Waals surface area (Å²) in [5.74, 6) is 1.08. The van der Waals surface area contributed by atoms with E-state index in [1.165, 1.54) is 25.7 Å². The number of nitrogens with one attached hydrogen (secondary N) is 1. The molecule has 0 spiro atoms. The lowest BCUT2D eigenvalue weighted by atomic mass is 10.3. The molecular weight excluding hydrogens is 260 g/mol. The Hall–Kier alpha value is -0.660. The normalized spacial score (nSPS) is 22.1. The summed E-state index contributed by atoms with van der Waals surface area (Å²) in [6.07, 6.45) is 5.09. The highest BCUT2D eigenvalue weighted by Gasteiger charge is 2.21. The van der Waals surface area contributed by atoms with Crippen molar-refractivity contribution in [1.82, 2.24) is 30.4 Å². The van der Waals surface area contributed by atoms with Crippen molar-refractivity contribution >= 4 is 11.8 Å². The molecule has 0 atom stereocenters. The molecule has 1 aliphatic carbocycles. The molecule has 2 heterocycles. The zero-order chi connectivity index (χ0) is 12.9. The number of rotatable bonds is 5. The number of nitrogens with zero attached hydrogens (tertiary/aromatic N) is 5. The van der Waals surface area contributed by atoms with E-state index in [9.17, 15) is 0 Å². The van der Waals surface area contributed by atoms with Crippen molar-refractivity contribution in [3.05, 3.63) is 0 Å². The molecule has 2 aliphatic rings. The summed E-state index contributed by atoms with van der Waals surface area (Å²) in [5, 5.41) is 16.6. The van der Waals surface area contributed by atoms with Gasteiger partial charge in [-0.3, -0.25) is 4.90 Å². The molecule has 1 aromatic heterocycles. The number of tetrazole rings is 1. The van der Waals surface area contributed by atoms with E-state index in [1.807, 2.05) is 0 Å². The second-order valence-electron chi connectivity index (χ2n) is 5.28. The lowest BCUT2D eigenvalue weighted by Gasteiger charge is -2.26.